The van der Waals surface area contributed by atoms with E-state index in [1.54, 1.807) is 25.1 Å². The fraction of sp³-hybridized carbons (Fsp3) is 0.214. The van der Waals surface area contributed by atoms with Gasteiger partial charge in [-0.25, -0.2) is 9.37 Å². The number of morpholine rings is 1. The fourth-order valence-corrected chi connectivity index (χ4v) is 4.30. The van der Waals surface area contributed by atoms with E-state index in [1.807, 2.05) is 42.5 Å². The normalized spacial score (nSPS) is 13.1. The highest BCUT2D eigenvalue weighted by Gasteiger charge is 2.13. The quantitative estimate of drug-likeness (QED) is 0.183. The number of aryl methyl sites for hydroxylation is 1. The number of anilines is 6. The minimum Gasteiger partial charge on any atom is -0.381 e. The van der Waals surface area contributed by atoms with Crippen LogP contribution in [0.4, 0.5) is 44.6 Å². The molecule has 1 aliphatic heterocycles. The number of nitro benzene ring substituents is 1. The van der Waals surface area contributed by atoms with Gasteiger partial charge < -0.3 is 25.6 Å². The van der Waals surface area contributed by atoms with Crippen molar-refractivity contribution in [3.05, 3.63) is 100.0 Å². The first kappa shape index (κ1) is 25.9. The SMILES string of the molecule is Cc1cc(CNc2cccc(Nc3nc(Nc4ccc(N5CCOCC5)cc4)ncc3F)c2)ccc1[N+](=O)[O-]. The Bertz CT molecular complexity index is 1460. The molecule has 1 saturated heterocycles. The van der Waals surface area contributed by atoms with Gasteiger partial charge in [0, 0.05) is 54.0 Å². The van der Waals surface area contributed by atoms with Crippen LogP contribution in [0, 0.1) is 22.9 Å². The van der Waals surface area contributed by atoms with Gasteiger partial charge in [-0.3, -0.25) is 10.1 Å². The number of rotatable bonds is 9. The monoisotopic (exact) mass is 529 g/mol. The van der Waals surface area contributed by atoms with E-state index in [1.165, 1.54) is 6.07 Å². The Labute approximate surface area is 225 Å². The number of aromatic nitrogens is 2. The zero-order chi connectivity index (χ0) is 27.2. The van der Waals surface area contributed by atoms with Gasteiger partial charge in [-0.1, -0.05) is 12.1 Å². The number of benzene rings is 3. The lowest BCUT2D eigenvalue weighted by Crippen LogP contribution is -2.36. The Morgan fingerprint density at radius 1 is 1.00 bits per heavy atom. The lowest BCUT2D eigenvalue weighted by molar-refractivity contribution is -0.385. The molecule has 4 aromatic rings. The summed E-state index contributed by atoms with van der Waals surface area (Å²) in [5, 5.41) is 20.5. The highest BCUT2D eigenvalue weighted by molar-refractivity contribution is 5.65. The molecule has 11 heteroatoms. The Kier molecular flexibility index (Phi) is 7.78. The molecule has 0 unspecified atom stereocenters. The van der Waals surface area contributed by atoms with Crippen LogP contribution in [0.5, 0.6) is 0 Å². The van der Waals surface area contributed by atoms with Gasteiger partial charge in [0.05, 0.1) is 24.3 Å². The van der Waals surface area contributed by atoms with E-state index >= 15 is 0 Å². The van der Waals surface area contributed by atoms with Gasteiger partial charge in [0.1, 0.15) is 0 Å². The Morgan fingerprint density at radius 3 is 2.51 bits per heavy atom. The van der Waals surface area contributed by atoms with Crippen molar-refractivity contribution in [1.82, 2.24) is 9.97 Å². The van der Waals surface area contributed by atoms with Crippen LogP contribution in [0.25, 0.3) is 0 Å². The molecule has 0 amide bonds. The van der Waals surface area contributed by atoms with Crippen molar-refractivity contribution in [2.75, 3.05) is 47.2 Å². The second-order valence-electron chi connectivity index (χ2n) is 9.10. The van der Waals surface area contributed by atoms with E-state index in [9.17, 15) is 14.5 Å². The third-order valence-corrected chi connectivity index (χ3v) is 6.32. The maximum atomic E-state index is 14.6. The maximum absolute atomic E-state index is 14.6. The van der Waals surface area contributed by atoms with Crippen molar-refractivity contribution in [1.29, 1.82) is 0 Å². The summed E-state index contributed by atoms with van der Waals surface area (Å²) in [5.74, 6) is -0.274. The number of nitrogens with zero attached hydrogens (tertiary/aromatic N) is 4. The predicted molar refractivity (Wildman–Crippen MR) is 150 cm³/mol. The van der Waals surface area contributed by atoms with Crippen molar-refractivity contribution < 1.29 is 14.1 Å². The molecule has 3 aromatic carbocycles. The molecule has 0 bridgehead atoms. The molecule has 5 rings (SSSR count). The molecule has 10 nitrogen and oxygen atoms in total. The molecule has 3 N–H and O–H groups in total. The molecule has 1 aliphatic rings. The second-order valence-corrected chi connectivity index (χ2v) is 9.10. The average Bonchev–Trinajstić information content (AvgIpc) is 2.95. The van der Waals surface area contributed by atoms with Crippen molar-refractivity contribution >= 4 is 40.2 Å². The van der Waals surface area contributed by atoms with Gasteiger partial charge >= 0.3 is 0 Å². The molecule has 2 heterocycles. The molecule has 200 valence electrons. The lowest BCUT2D eigenvalue weighted by Gasteiger charge is -2.28. The van der Waals surface area contributed by atoms with E-state index in [2.05, 4.69) is 30.8 Å². The molecular formula is C28H28FN7O3. The summed E-state index contributed by atoms with van der Waals surface area (Å²) in [5.41, 5.74) is 4.94. The first-order valence-electron chi connectivity index (χ1n) is 12.5. The van der Waals surface area contributed by atoms with E-state index in [0.717, 1.165) is 55.1 Å². The lowest BCUT2D eigenvalue weighted by atomic mass is 10.1. The van der Waals surface area contributed by atoms with Gasteiger partial charge in [0.2, 0.25) is 5.95 Å². The van der Waals surface area contributed by atoms with E-state index in [0.29, 0.717) is 17.8 Å². The molecule has 1 fully saturated rings. The van der Waals surface area contributed by atoms with Crippen LogP contribution in [0.1, 0.15) is 11.1 Å². The van der Waals surface area contributed by atoms with Crippen molar-refractivity contribution in [2.45, 2.75) is 13.5 Å². The molecule has 0 saturated carbocycles. The van der Waals surface area contributed by atoms with Gasteiger partial charge in [0.15, 0.2) is 11.6 Å². The number of nitrogens with one attached hydrogen (secondary N) is 3. The van der Waals surface area contributed by atoms with Crippen LogP contribution in [-0.4, -0.2) is 41.2 Å². The minimum absolute atomic E-state index is 0.0422. The Morgan fingerprint density at radius 2 is 1.77 bits per heavy atom. The van der Waals surface area contributed by atoms with Crippen LogP contribution in [-0.2, 0) is 11.3 Å². The first-order chi connectivity index (χ1) is 18.9. The second kappa shape index (κ2) is 11.7. The standard InChI is InChI=1S/C28H28FN7O3/c1-19-15-20(5-10-26(19)36(37)38)17-30-22-3-2-4-23(16-22)32-27-25(29)18-31-28(34-27)33-21-6-8-24(9-7-21)35-11-13-39-14-12-35/h2-10,15-16,18,30H,11-14,17H2,1H3,(H2,31,32,33,34). The van der Waals surface area contributed by atoms with Crippen molar-refractivity contribution in [2.24, 2.45) is 0 Å². The largest absolute Gasteiger partial charge is 0.381 e. The summed E-state index contributed by atoms with van der Waals surface area (Å²) < 4.78 is 20.0. The van der Waals surface area contributed by atoms with Crippen molar-refractivity contribution in [3.63, 3.8) is 0 Å². The molecule has 0 atom stereocenters. The molecule has 1 aromatic heterocycles. The Hall–Kier alpha value is -4.77. The zero-order valence-electron chi connectivity index (χ0n) is 21.4. The van der Waals surface area contributed by atoms with E-state index in [-0.39, 0.29) is 17.5 Å². The summed E-state index contributed by atoms with van der Waals surface area (Å²) in [6.45, 7) is 5.34. The molecule has 0 aliphatic carbocycles. The van der Waals surface area contributed by atoms with Crippen LogP contribution in [0.15, 0.2) is 72.9 Å². The van der Waals surface area contributed by atoms with E-state index < -0.39 is 10.7 Å². The summed E-state index contributed by atoms with van der Waals surface area (Å²) >= 11 is 0. The number of ether oxygens (including phenoxy) is 1. The smallest absolute Gasteiger partial charge is 0.272 e. The number of halogens is 1. The summed E-state index contributed by atoms with van der Waals surface area (Å²) in [6, 6.07) is 20.3. The van der Waals surface area contributed by atoms with Gasteiger partial charge in [-0.2, -0.15) is 4.98 Å². The van der Waals surface area contributed by atoms with Gasteiger partial charge in [-0.15, -0.1) is 0 Å². The third-order valence-electron chi connectivity index (χ3n) is 6.32. The summed E-state index contributed by atoms with van der Waals surface area (Å²) in [4.78, 5) is 21.3. The molecule has 0 radical (unpaired) electrons. The highest BCUT2D eigenvalue weighted by Crippen LogP contribution is 2.25. The van der Waals surface area contributed by atoms with Crippen LogP contribution in [0.3, 0.4) is 0 Å². The topological polar surface area (TPSA) is 117 Å². The van der Waals surface area contributed by atoms with Crippen LogP contribution >= 0.6 is 0 Å². The number of hydrogen-bond acceptors (Lipinski definition) is 9. The number of nitro groups is 1. The third kappa shape index (κ3) is 6.57. The van der Waals surface area contributed by atoms with Crippen LogP contribution in [0.2, 0.25) is 0 Å². The average molecular weight is 530 g/mol. The molecule has 0 spiro atoms. The first-order valence-corrected chi connectivity index (χ1v) is 12.5. The predicted octanol–water partition coefficient (Wildman–Crippen LogP) is 5.77. The maximum Gasteiger partial charge on any atom is 0.272 e. The van der Waals surface area contributed by atoms with Gasteiger partial charge in [0.25, 0.3) is 5.69 Å². The Balaban J connectivity index is 1.22. The summed E-state index contributed by atoms with van der Waals surface area (Å²) in [7, 11) is 0. The van der Waals surface area contributed by atoms with E-state index in [4.69, 9.17) is 4.74 Å². The van der Waals surface area contributed by atoms with Gasteiger partial charge in [-0.05, 0) is 61.0 Å². The number of hydrogen-bond donors (Lipinski definition) is 3. The highest BCUT2D eigenvalue weighted by atomic mass is 19.1. The fourth-order valence-electron chi connectivity index (χ4n) is 4.30. The minimum atomic E-state index is -0.581. The zero-order valence-corrected chi connectivity index (χ0v) is 21.4. The van der Waals surface area contributed by atoms with Crippen LogP contribution < -0.4 is 20.9 Å². The van der Waals surface area contributed by atoms with Crippen molar-refractivity contribution in [3.8, 4) is 0 Å². The molecular weight excluding hydrogens is 501 g/mol. The molecule has 39 heavy (non-hydrogen) atoms. The summed E-state index contributed by atoms with van der Waals surface area (Å²) in [6.07, 6.45) is 1.12.